The Morgan fingerprint density at radius 1 is 1.44 bits per heavy atom. The summed E-state index contributed by atoms with van der Waals surface area (Å²) < 4.78 is 27.4. The molecule has 0 bridgehead atoms. The zero-order valence-corrected chi connectivity index (χ0v) is 9.37. The second-order valence-electron chi connectivity index (χ2n) is 4.20. The van der Waals surface area contributed by atoms with Gasteiger partial charge in [0, 0.05) is 17.7 Å². The van der Waals surface area contributed by atoms with Gasteiger partial charge in [0.05, 0.1) is 12.8 Å². The summed E-state index contributed by atoms with van der Waals surface area (Å²) in [6, 6.07) is 3.89. The van der Waals surface area contributed by atoms with E-state index in [1.807, 2.05) is 0 Å². The Labute approximate surface area is 102 Å². The number of aliphatic carboxylic acids is 1. The first kappa shape index (κ1) is 12.5. The molecule has 1 aliphatic rings. The second kappa shape index (κ2) is 4.36. The van der Waals surface area contributed by atoms with Gasteiger partial charge in [-0.15, -0.1) is 0 Å². The monoisotopic (exact) mass is 255 g/mol. The first-order valence-corrected chi connectivity index (χ1v) is 5.41. The molecule has 4 nitrogen and oxygen atoms in total. The van der Waals surface area contributed by atoms with Crippen molar-refractivity contribution in [3.8, 4) is 0 Å². The Bertz CT molecular complexity index is 514. The number of carbonyl (C=O) groups excluding carboxylic acids is 1. The highest BCUT2D eigenvalue weighted by Crippen LogP contribution is 2.36. The van der Waals surface area contributed by atoms with Gasteiger partial charge in [0.15, 0.2) is 0 Å². The molecule has 0 spiro atoms. The topological polar surface area (TPSA) is 66.4 Å². The SMILES string of the molecule is O=C(O)CCC(F)(F)c1ccc2c(c1)CC(=O)N2. The number of halogens is 2. The summed E-state index contributed by atoms with van der Waals surface area (Å²) in [5.41, 5.74) is 0.810. The lowest BCUT2D eigenvalue weighted by Crippen LogP contribution is -2.15. The van der Waals surface area contributed by atoms with Crippen LogP contribution in [0.3, 0.4) is 0 Å². The molecule has 1 aliphatic heterocycles. The predicted molar refractivity (Wildman–Crippen MR) is 59.5 cm³/mol. The van der Waals surface area contributed by atoms with E-state index in [0.29, 0.717) is 11.3 Å². The molecule has 2 N–H and O–H groups in total. The van der Waals surface area contributed by atoms with Gasteiger partial charge in [-0.25, -0.2) is 8.78 Å². The number of hydrogen-bond donors (Lipinski definition) is 2. The van der Waals surface area contributed by atoms with Crippen LogP contribution in [0.25, 0.3) is 0 Å². The number of alkyl halides is 2. The third-order valence-corrected chi connectivity index (χ3v) is 2.81. The Morgan fingerprint density at radius 2 is 2.17 bits per heavy atom. The molecular weight excluding hydrogens is 244 g/mol. The zero-order valence-electron chi connectivity index (χ0n) is 9.37. The van der Waals surface area contributed by atoms with Crippen molar-refractivity contribution in [3.63, 3.8) is 0 Å². The van der Waals surface area contributed by atoms with E-state index in [-0.39, 0.29) is 17.9 Å². The standard InChI is InChI=1S/C12H11F2NO3/c13-12(14,4-3-11(17)18)8-1-2-9-7(5-8)6-10(16)15-9/h1-2,5H,3-4,6H2,(H,15,16)(H,17,18). The Hall–Kier alpha value is -1.98. The van der Waals surface area contributed by atoms with E-state index in [1.54, 1.807) is 0 Å². The lowest BCUT2D eigenvalue weighted by molar-refractivity contribution is -0.139. The van der Waals surface area contributed by atoms with E-state index in [0.717, 1.165) is 0 Å². The van der Waals surface area contributed by atoms with Crippen LogP contribution in [0.5, 0.6) is 0 Å². The van der Waals surface area contributed by atoms with E-state index in [2.05, 4.69) is 5.32 Å². The highest BCUT2D eigenvalue weighted by atomic mass is 19.3. The van der Waals surface area contributed by atoms with Gasteiger partial charge in [-0.1, -0.05) is 6.07 Å². The molecule has 18 heavy (non-hydrogen) atoms. The third-order valence-electron chi connectivity index (χ3n) is 2.81. The van der Waals surface area contributed by atoms with Crippen LogP contribution in [-0.2, 0) is 21.9 Å². The van der Waals surface area contributed by atoms with Gasteiger partial charge < -0.3 is 10.4 Å². The summed E-state index contributed by atoms with van der Waals surface area (Å²) in [7, 11) is 0. The zero-order chi connectivity index (χ0) is 13.3. The molecule has 0 unspecified atom stereocenters. The summed E-state index contributed by atoms with van der Waals surface area (Å²) in [6.07, 6.45) is -1.26. The highest BCUT2D eigenvalue weighted by molar-refractivity contribution is 5.99. The van der Waals surface area contributed by atoms with Crippen LogP contribution in [0.15, 0.2) is 18.2 Å². The van der Waals surface area contributed by atoms with Crippen molar-refractivity contribution in [2.75, 3.05) is 5.32 Å². The molecule has 0 saturated carbocycles. The van der Waals surface area contributed by atoms with Crippen molar-refractivity contribution in [1.82, 2.24) is 0 Å². The Kier molecular flexibility index (Phi) is 3.02. The number of benzene rings is 1. The quantitative estimate of drug-likeness (QED) is 0.866. The molecular formula is C12H11F2NO3. The average molecular weight is 255 g/mol. The van der Waals surface area contributed by atoms with Crippen LogP contribution < -0.4 is 5.32 Å². The Morgan fingerprint density at radius 3 is 2.83 bits per heavy atom. The maximum atomic E-state index is 13.7. The molecule has 96 valence electrons. The number of anilines is 1. The average Bonchev–Trinajstić information content (AvgIpc) is 2.65. The van der Waals surface area contributed by atoms with Crippen molar-refractivity contribution < 1.29 is 23.5 Å². The van der Waals surface area contributed by atoms with E-state index in [1.165, 1.54) is 18.2 Å². The van der Waals surface area contributed by atoms with Gasteiger partial charge >= 0.3 is 5.97 Å². The number of nitrogens with one attached hydrogen (secondary N) is 1. The number of fused-ring (bicyclic) bond motifs is 1. The van der Waals surface area contributed by atoms with E-state index in [9.17, 15) is 18.4 Å². The van der Waals surface area contributed by atoms with Crippen molar-refractivity contribution in [2.24, 2.45) is 0 Å². The van der Waals surface area contributed by atoms with Crippen LogP contribution in [0.2, 0.25) is 0 Å². The summed E-state index contributed by atoms with van der Waals surface area (Å²) in [5, 5.41) is 11.0. The minimum absolute atomic E-state index is 0.0815. The molecule has 0 fully saturated rings. The molecule has 1 aromatic carbocycles. The summed E-state index contributed by atoms with van der Waals surface area (Å²) in [5.74, 6) is -4.68. The molecule has 2 rings (SSSR count). The highest BCUT2D eigenvalue weighted by Gasteiger charge is 2.33. The number of carboxylic acids is 1. The molecule has 0 atom stereocenters. The van der Waals surface area contributed by atoms with Gasteiger partial charge in [-0.2, -0.15) is 0 Å². The number of rotatable bonds is 4. The van der Waals surface area contributed by atoms with Gasteiger partial charge in [0.25, 0.3) is 5.92 Å². The van der Waals surface area contributed by atoms with E-state index < -0.39 is 24.7 Å². The molecule has 1 heterocycles. The smallest absolute Gasteiger partial charge is 0.303 e. The lowest BCUT2D eigenvalue weighted by Gasteiger charge is -2.16. The summed E-state index contributed by atoms with van der Waals surface area (Å²) in [6.45, 7) is 0. The lowest BCUT2D eigenvalue weighted by atomic mass is 10.00. The van der Waals surface area contributed by atoms with Gasteiger partial charge in [0.1, 0.15) is 0 Å². The minimum atomic E-state index is -3.20. The van der Waals surface area contributed by atoms with Crippen LogP contribution in [0.4, 0.5) is 14.5 Å². The number of carbonyl (C=O) groups is 2. The minimum Gasteiger partial charge on any atom is -0.481 e. The first-order chi connectivity index (χ1) is 8.38. The molecule has 0 aliphatic carbocycles. The van der Waals surface area contributed by atoms with Gasteiger partial charge in [-0.05, 0) is 17.7 Å². The van der Waals surface area contributed by atoms with Crippen molar-refractivity contribution in [3.05, 3.63) is 29.3 Å². The maximum absolute atomic E-state index is 13.7. The van der Waals surface area contributed by atoms with Crippen LogP contribution >= 0.6 is 0 Å². The second-order valence-corrected chi connectivity index (χ2v) is 4.20. The molecule has 0 aromatic heterocycles. The molecule has 6 heteroatoms. The third kappa shape index (κ3) is 2.47. The van der Waals surface area contributed by atoms with Crippen molar-refractivity contribution in [2.45, 2.75) is 25.2 Å². The van der Waals surface area contributed by atoms with E-state index >= 15 is 0 Å². The van der Waals surface area contributed by atoms with Gasteiger partial charge in [0.2, 0.25) is 5.91 Å². The molecule has 1 aromatic rings. The van der Waals surface area contributed by atoms with Gasteiger partial charge in [-0.3, -0.25) is 9.59 Å². The maximum Gasteiger partial charge on any atom is 0.303 e. The normalized spacial score (nSPS) is 14.2. The van der Waals surface area contributed by atoms with Crippen molar-refractivity contribution >= 4 is 17.6 Å². The fourth-order valence-corrected chi connectivity index (χ4v) is 1.87. The number of hydrogen-bond acceptors (Lipinski definition) is 2. The molecule has 0 saturated heterocycles. The first-order valence-electron chi connectivity index (χ1n) is 5.41. The summed E-state index contributed by atoms with van der Waals surface area (Å²) in [4.78, 5) is 21.4. The van der Waals surface area contributed by atoms with Crippen LogP contribution in [0, 0.1) is 0 Å². The van der Waals surface area contributed by atoms with Crippen molar-refractivity contribution in [1.29, 1.82) is 0 Å². The Balaban J connectivity index is 2.21. The largest absolute Gasteiger partial charge is 0.481 e. The van der Waals surface area contributed by atoms with E-state index in [4.69, 9.17) is 5.11 Å². The van der Waals surface area contributed by atoms with Crippen LogP contribution in [-0.4, -0.2) is 17.0 Å². The molecule has 0 radical (unpaired) electrons. The van der Waals surface area contributed by atoms with Crippen LogP contribution in [0.1, 0.15) is 24.0 Å². The summed E-state index contributed by atoms with van der Waals surface area (Å²) >= 11 is 0. The fourth-order valence-electron chi connectivity index (χ4n) is 1.87. The fraction of sp³-hybridized carbons (Fsp3) is 0.333. The number of amides is 1. The number of carboxylic acid groups (broad SMARTS) is 1. The molecule has 1 amide bonds. The predicted octanol–water partition coefficient (Wildman–Crippen LogP) is 2.14.